The topological polar surface area (TPSA) is 73.1 Å². The molecule has 0 aliphatic carbocycles. The van der Waals surface area contributed by atoms with E-state index in [-0.39, 0.29) is 24.1 Å². The molecule has 0 N–H and O–H groups in total. The largest absolute Gasteiger partial charge is 0.493 e. The van der Waals surface area contributed by atoms with E-state index in [0.29, 0.717) is 23.5 Å². The maximum Gasteiger partial charge on any atom is 0.263 e. The highest BCUT2D eigenvalue weighted by atomic mass is 32.1. The lowest BCUT2D eigenvalue weighted by atomic mass is 10.0. The molecule has 1 aromatic carbocycles. The fourth-order valence-electron chi connectivity index (χ4n) is 3.65. The Bertz CT molecular complexity index is 1180. The van der Waals surface area contributed by atoms with Crippen molar-refractivity contribution < 1.29 is 14.3 Å². The first kappa shape index (κ1) is 20.9. The number of aryl methyl sites for hydroxylation is 1. The number of carbonyl (C=O) groups is 1. The Kier molecular flexibility index (Phi) is 5.90. The smallest absolute Gasteiger partial charge is 0.263 e. The summed E-state index contributed by atoms with van der Waals surface area (Å²) in [6.45, 7) is 1.66. The number of rotatable bonds is 6. The summed E-state index contributed by atoms with van der Waals surface area (Å²) in [5.41, 5.74) is 2.15. The second-order valence-electron chi connectivity index (χ2n) is 7.22. The number of benzene rings is 1. The van der Waals surface area contributed by atoms with Crippen LogP contribution in [0, 0.1) is 6.92 Å². The highest BCUT2D eigenvalue weighted by Crippen LogP contribution is 2.37. The van der Waals surface area contributed by atoms with Gasteiger partial charge in [-0.2, -0.15) is 5.10 Å². The minimum atomic E-state index is -0.301. The fraction of sp³-hybridized carbons (Fsp3) is 0.261. The molecule has 1 atom stereocenters. The standard InChI is InChI=1S/C23H23N3O4S/c1-15-6-4-10-25(23(15)28)14-22(27)26-18(13-17(24-26)21-7-5-11-31-21)16-8-9-19(29-2)20(12-16)30-3/h4-12,18H,13-14H2,1-3H3. The van der Waals surface area contributed by atoms with Crippen LogP contribution in [0.15, 0.2) is 63.9 Å². The van der Waals surface area contributed by atoms with Gasteiger partial charge in [-0.05, 0) is 42.1 Å². The lowest BCUT2D eigenvalue weighted by molar-refractivity contribution is -0.133. The summed E-state index contributed by atoms with van der Waals surface area (Å²) >= 11 is 1.58. The summed E-state index contributed by atoms with van der Waals surface area (Å²) in [5, 5.41) is 8.14. The van der Waals surface area contributed by atoms with Gasteiger partial charge in [0.2, 0.25) is 0 Å². The van der Waals surface area contributed by atoms with Gasteiger partial charge < -0.3 is 14.0 Å². The molecule has 0 radical (unpaired) electrons. The molecule has 1 unspecified atom stereocenters. The molecule has 3 heterocycles. The molecule has 0 spiro atoms. The predicted octanol–water partition coefficient (Wildman–Crippen LogP) is 3.61. The highest BCUT2D eigenvalue weighted by molar-refractivity contribution is 7.12. The number of aromatic nitrogens is 1. The lowest BCUT2D eigenvalue weighted by Crippen LogP contribution is -2.34. The van der Waals surface area contributed by atoms with E-state index < -0.39 is 0 Å². The number of nitrogens with zero attached hydrogens (tertiary/aromatic N) is 3. The number of hydrogen-bond acceptors (Lipinski definition) is 6. The van der Waals surface area contributed by atoms with Crippen molar-refractivity contribution in [1.82, 2.24) is 9.58 Å². The number of hydrazone groups is 1. The Morgan fingerprint density at radius 2 is 1.97 bits per heavy atom. The molecular weight excluding hydrogens is 414 g/mol. The normalized spacial score (nSPS) is 15.6. The summed E-state index contributed by atoms with van der Waals surface area (Å²) in [6, 6.07) is 12.8. The van der Waals surface area contributed by atoms with Crippen LogP contribution in [0.4, 0.5) is 0 Å². The molecule has 1 amide bonds. The van der Waals surface area contributed by atoms with Crippen LogP contribution in [0.1, 0.15) is 28.5 Å². The number of pyridine rings is 1. The van der Waals surface area contributed by atoms with Crippen LogP contribution in [-0.2, 0) is 11.3 Å². The Labute approximate surface area is 184 Å². The minimum Gasteiger partial charge on any atom is -0.493 e. The van der Waals surface area contributed by atoms with Crippen LogP contribution in [0.5, 0.6) is 11.5 Å². The van der Waals surface area contributed by atoms with Crippen LogP contribution in [-0.4, -0.2) is 35.4 Å². The van der Waals surface area contributed by atoms with Crippen LogP contribution < -0.4 is 15.0 Å². The third kappa shape index (κ3) is 4.11. The number of methoxy groups -OCH3 is 2. The Balaban J connectivity index is 1.69. The average molecular weight is 438 g/mol. The summed E-state index contributed by atoms with van der Waals surface area (Å²) in [5.74, 6) is 0.957. The van der Waals surface area contributed by atoms with Crippen LogP contribution in [0.2, 0.25) is 0 Å². The van der Waals surface area contributed by atoms with Gasteiger partial charge in [0.05, 0.1) is 30.9 Å². The molecule has 1 aliphatic heterocycles. The Morgan fingerprint density at radius 1 is 1.16 bits per heavy atom. The Hall–Kier alpha value is -3.39. The first-order chi connectivity index (χ1) is 15.0. The number of hydrogen-bond donors (Lipinski definition) is 0. The molecule has 4 rings (SSSR count). The summed E-state index contributed by atoms with van der Waals surface area (Å²) in [7, 11) is 3.16. The van der Waals surface area contributed by atoms with Crippen molar-refractivity contribution in [3.05, 3.63) is 80.4 Å². The molecule has 2 aromatic heterocycles. The SMILES string of the molecule is COc1ccc(C2CC(c3cccs3)=NN2C(=O)Cn2cccc(C)c2=O)cc1OC. The maximum atomic E-state index is 13.3. The van der Waals surface area contributed by atoms with E-state index in [1.165, 1.54) is 9.58 Å². The molecule has 1 aliphatic rings. The predicted molar refractivity (Wildman–Crippen MR) is 120 cm³/mol. The number of thiophene rings is 1. The van der Waals surface area contributed by atoms with Crippen molar-refractivity contribution in [2.45, 2.75) is 25.9 Å². The third-order valence-corrected chi connectivity index (χ3v) is 6.20. The Morgan fingerprint density at radius 3 is 2.68 bits per heavy atom. The van der Waals surface area contributed by atoms with Crippen LogP contribution in [0.25, 0.3) is 0 Å². The van der Waals surface area contributed by atoms with E-state index in [0.717, 1.165) is 16.2 Å². The maximum absolute atomic E-state index is 13.3. The van der Waals surface area contributed by atoms with Crippen molar-refractivity contribution in [1.29, 1.82) is 0 Å². The first-order valence-electron chi connectivity index (χ1n) is 9.83. The van der Waals surface area contributed by atoms with Gasteiger partial charge in [0.15, 0.2) is 11.5 Å². The number of carbonyl (C=O) groups excluding carboxylic acids is 1. The monoisotopic (exact) mass is 437 g/mol. The molecule has 160 valence electrons. The van der Waals surface area contributed by atoms with Gasteiger partial charge in [0, 0.05) is 18.2 Å². The van der Waals surface area contributed by atoms with Crippen molar-refractivity contribution >= 4 is 23.0 Å². The van der Waals surface area contributed by atoms with Gasteiger partial charge in [-0.1, -0.05) is 18.2 Å². The summed E-state index contributed by atoms with van der Waals surface area (Å²) in [6.07, 6.45) is 2.20. The van der Waals surface area contributed by atoms with Crippen molar-refractivity contribution in [2.75, 3.05) is 14.2 Å². The van der Waals surface area contributed by atoms with Gasteiger partial charge in [-0.25, -0.2) is 5.01 Å². The molecule has 7 nitrogen and oxygen atoms in total. The van der Waals surface area contributed by atoms with Crippen molar-refractivity contribution in [3.8, 4) is 11.5 Å². The molecule has 0 bridgehead atoms. The summed E-state index contributed by atoms with van der Waals surface area (Å²) in [4.78, 5) is 26.7. The van der Waals surface area contributed by atoms with Crippen molar-refractivity contribution in [2.24, 2.45) is 5.10 Å². The molecule has 31 heavy (non-hydrogen) atoms. The lowest BCUT2D eigenvalue weighted by Gasteiger charge is -2.23. The van der Waals surface area contributed by atoms with E-state index >= 15 is 0 Å². The van der Waals surface area contributed by atoms with Crippen LogP contribution >= 0.6 is 11.3 Å². The second kappa shape index (κ2) is 8.77. The molecule has 0 saturated carbocycles. The van der Waals surface area contributed by atoms with Gasteiger partial charge in [0.1, 0.15) is 6.54 Å². The molecule has 0 fully saturated rings. The van der Waals surface area contributed by atoms with Gasteiger partial charge in [0.25, 0.3) is 11.5 Å². The summed E-state index contributed by atoms with van der Waals surface area (Å²) < 4.78 is 12.2. The van der Waals surface area contributed by atoms with E-state index in [9.17, 15) is 9.59 Å². The number of amides is 1. The zero-order chi connectivity index (χ0) is 22.0. The molecule has 3 aromatic rings. The minimum absolute atomic E-state index is 0.0779. The zero-order valence-corrected chi connectivity index (χ0v) is 18.4. The van der Waals surface area contributed by atoms with E-state index in [1.54, 1.807) is 50.8 Å². The third-order valence-electron chi connectivity index (χ3n) is 5.28. The molecular formula is C23H23N3O4S. The number of ether oxygens (including phenoxy) is 2. The van der Waals surface area contributed by atoms with Gasteiger partial charge in [-0.15, -0.1) is 11.3 Å². The zero-order valence-electron chi connectivity index (χ0n) is 17.6. The van der Waals surface area contributed by atoms with Crippen molar-refractivity contribution in [3.63, 3.8) is 0 Å². The quantitative estimate of drug-likeness (QED) is 0.591. The average Bonchev–Trinajstić information content (AvgIpc) is 3.46. The van der Waals surface area contributed by atoms with Crippen LogP contribution in [0.3, 0.4) is 0 Å². The van der Waals surface area contributed by atoms with Gasteiger partial charge >= 0.3 is 0 Å². The van der Waals surface area contributed by atoms with Gasteiger partial charge in [-0.3, -0.25) is 9.59 Å². The first-order valence-corrected chi connectivity index (χ1v) is 10.7. The van der Waals surface area contributed by atoms with E-state index in [2.05, 4.69) is 5.10 Å². The highest BCUT2D eigenvalue weighted by Gasteiger charge is 2.34. The fourth-order valence-corrected chi connectivity index (χ4v) is 4.37. The molecule has 8 heteroatoms. The second-order valence-corrected chi connectivity index (χ2v) is 8.17. The van der Waals surface area contributed by atoms with E-state index in [1.807, 2.05) is 35.7 Å². The van der Waals surface area contributed by atoms with E-state index in [4.69, 9.17) is 9.47 Å². The molecule has 0 saturated heterocycles.